The van der Waals surface area contributed by atoms with E-state index in [1.165, 1.54) is 0 Å². The molecule has 1 rings (SSSR count). The molecule has 1 aromatic rings. The fourth-order valence-electron chi connectivity index (χ4n) is 2.19. The molecule has 0 aliphatic rings. The van der Waals surface area contributed by atoms with Gasteiger partial charge < -0.3 is 17.1 Å². The minimum Gasteiger partial charge on any atom is -0.437 e. The van der Waals surface area contributed by atoms with Crippen molar-refractivity contribution < 1.29 is 17.1 Å². The molecule has 0 amide bonds. The summed E-state index contributed by atoms with van der Waals surface area (Å²) in [6.45, 7) is 10.6. The molecule has 0 radical (unpaired) electrons. The SMILES string of the molecule is CO[Si](OC)(O[Si](C)(C)O[Si](C)(C)C)c1ccccc1. The Kier molecular flexibility index (Phi) is 5.90. The minimum absolute atomic E-state index is 0.963. The van der Waals surface area contributed by atoms with Gasteiger partial charge in [-0.05, 0) is 32.7 Å². The quantitative estimate of drug-likeness (QED) is 0.720. The molecular formula is C13H26O4Si3. The van der Waals surface area contributed by atoms with Crippen LogP contribution in [0.5, 0.6) is 0 Å². The molecule has 114 valence electrons. The van der Waals surface area contributed by atoms with Gasteiger partial charge in [0.2, 0.25) is 0 Å². The lowest BCUT2D eigenvalue weighted by Gasteiger charge is -2.37. The molecule has 0 heterocycles. The van der Waals surface area contributed by atoms with Crippen LogP contribution < -0.4 is 5.19 Å². The first-order valence-corrected chi connectivity index (χ1v) is 14.7. The molecular weight excluding hydrogens is 304 g/mol. The predicted octanol–water partition coefficient (Wildman–Crippen LogP) is 2.70. The second kappa shape index (κ2) is 6.65. The van der Waals surface area contributed by atoms with Crippen LogP contribution in [0.15, 0.2) is 30.3 Å². The maximum atomic E-state index is 6.33. The molecule has 20 heavy (non-hydrogen) atoms. The highest BCUT2D eigenvalue weighted by molar-refractivity contribution is 6.88. The van der Waals surface area contributed by atoms with E-state index < -0.39 is 25.7 Å². The van der Waals surface area contributed by atoms with Gasteiger partial charge >= 0.3 is 17.4 Å². The summed E-state index contributed by atoms with van der Waals surface area (Å²) in [4.78, 5) is 0. The van der Waals surface area contributed by atoms with Gasteiger partial charge in [0.1, 0.15) is 0 Å². The van der Waals surface area contributed by atoms with Crippen LogP contribution >= 0.6 is 0 Å². The maximum Gasteiger partial charge on any atom is 0.527 e. The van der Waals surface area contributed by atoms with Gasteiger partial charge in [-0.25, -0.2) is 0 Å². The van der Waals surface area contributed by atoms with E-state index in [2.05, 4.69) is 19.6 Å². The zero-order valence-corrected chi connectivity index (χ0v) is 16.5. The topological polar surface area (TPSA) is 36.9 Å². The van der Waals surface area contributed by atoms with Crippen LogP contribution in [0.25, 0.3) is 0 Å². The molecule has 0 N–H and O–H groups in total. The normalized spacial score (nSPS) is 13.6. The third-order valence-corrected chi connectivity index (χ3v) is 12.2. The molecule has 7 heteroatoms. The zero-order valence-electron chi connectivity index (χ0n) is 13.5. The first-order chi connectivity index (χ1) is 9.14. The molecule has 0 bridgehead atoms. The summed E-state index contributed by atoms with van der Waals surface area (Å²) in [5, 5.41) is 0.963. The lowest BCUT2D eigenvalue weighted by molar-refractivity contribution is 0.162. The van der Waals surface area contributed by atoms with E-state index in [4.69, 9.17) is 17.1 Å². The maximum absolute atomic E-state index is 6.33. The van der Waals surface area contributed by atoms with Crippen molar-refractivity contribution in [2.45, 2.75) is 32.7 Å². The van der Waals surface area contributed by atoms with E-state index in [-0.39, 0.29) is 0 Å². The molecule has 0 spiro atoms. The molecule has 0 atom stereocenters. The highest BCUT2D eigenvalue weighted by Gasteiger charge is 2.48. The average molecular weight is 331 g/mol. The number of hydrogen-bond donors (Lipinski definition) is 0. The van der Waals surface area contributed by atoms with Gasteiger partial charge in [0.25, 0.3) is 0 Å². The average Bonchev–Trinajstić information content (AvgIpc) is 2.34. The number of benzene rings is 1. The summed E-state index contributed by atoms with van der Waals surface area (Å²) < 4.78 is 23.9. The molecule has 0 aromatic heterocycles. The largest absolute Gasteiger partial charge is 0.527 e. The van der Waals surface area contributed by atoms with Gasteiger partial charge in [-0.3, -0.25) is 0 Å². The molecule has 0 saturated heterocycles. The summed E-state index contributed by atoms with van der Waals surface area (Å²) in [6, 6.07) is 9.87. The van der Waals surface area contributed by atoms with Crippen molar-refractivity contribution in [1.29, 1.82) is 0 Å². The monoisotopic (exact) mass is 330 g/mol. The van der Waals surface area contributed by atoms with E-state index in [9.17, 15) is 0 Å². The van der Waals surface area contributed by atoms with Crippen molar-refractivity contribution in [3.8, 4) is 0 Å². The molecule has 1 aromatic carbocycles. The third-order valence-electron chi connectivity index (χ3n) is 2.60. The van der Waals surface area contributed by atoms with Gasteiger partial charge in [-0.2, -0.15) is 0 Å². The second-order valence-electron chi connectivity index (χ2n) is 6.05. The Morgan fingerprint density at radius 1 is 0.750 bits per heavy atom. The van der Waals surface area contributed by atoms with E-state index in [1.807, 2.05) is 43.4 Å². The van der Waals surface area contributed by atoms with Gasteiger partial charge in [-0.1, -0.05) is 30.3 Å². The van der Waals surface area contributed by atoms with Gasteiger partial charge in [0.15, 0.2) is 8.32 Å². The van der Waals surface area contributed by atoms with Crippen molar-refractivity contribution in [1.82, 2.24) is 0 Å². The summed E-state index contributed by atoms with van der Waals surface area (Å²) in [5.74, 6) is 0. The standard InChI is InChI=1S/C13H26O4Si3/c1-14-20(15-2,13-11-9-8-10-12-13)17-19(6,7)16-18(3,4)5/h8-12H,1-7H3. The van der Waals surface area contributed by atoms with Crippen LogP contribution in [0.4, 0.5) is 0 Å². The van der Waals surface area contributed by atoms with Crippen LogP contribution in [0.2, 0.25) is 32.7 Å². The summed E-state index contributed by atoms with van der Waals surface area (Å²) >= 11 is 0. The third kappa shape index (κ3) is 4.92. The summed E-state index contributed by atoms with van der Waals surface area (Å²) in [5.41, 5.74) is 0. The van der Waals surface area contributed by atoms with Gasteiger partial charge in [0, 0.05) is 19.4 Å². The Balaban J connectivity index is 3.04. The van der Waals surface area contributed by atoms with Crippen LogP contribution in [0, 0.1) is 0 Å². The first kappa shape index (κ1) is 17.8. The van der Waals surface area contributed by atoms with Crippen molar-refractivity contribution in [3.05, 3.63) is 30.3 Å². The van der Waals surface area contributed by atoms with Crippen LogP contribution in [0.1, 0.15) is 0 Å². The van der Waals surface area contributed by atoms with Crippen molar-refractivity contribution in [2.24, 2.45) is 0 Å². The van der Waals surface area contributed by atoms with Crippen molar-refractivity contribution in [3.63, 3.8) is 0 Å². The Labute approximate surface area is 125 Å². The smallest absolute Gasteiger partial charge is 0.437 e. The Bertz CT molecular complexity index is 413. The zero-order chi connectivity index (χ0) is 15.4. The molecule has 0 fully saturated rings. The van der Waals surface area contributed by atoms with E-state index in [0.29, 0.717) is 0 Å². The molecule has 0 unspecified atom stereocenters. The molecule has 0 saturated carbocycles. The fraction of sp³-hybridized carbons (Fsp3) is 0.538. The fourth-order valence-corrected chi connectivity index (χ4v) is 13.6. The molecule has 4 nitrogen and oxygen atoms in total. The number of hydrogen-bond acceptors (Lipinski definition) is 4. The Morgan fingerprint density at radius 3 is 1.65 bits per heavy atom. The van der Waals surface area contributed by atoms with Crippen LogP contribution in [-0.4, -0.2) is 39.9 Å². The van der Waals surface area contributed by atoms with Crippen molar-refractivity contribution in [2.75, 3.05) is 14.2 Å². The highest BCUT2D eigenvalue weighted by atomic mass is 28.5. The molecule has 0 aliphatic carbocycles. The van der Waals surface area contributed by atoms with Crippen LogP contribution in [0.3, 0.4) is 0 Å². The van der Waals surface area contributed by atoms with Crippen LogP contribution in [-0.2, 0) is 17.1 Å². The summed E-state index contributed by atoms with van der Waals surface area (Å²) in [7, 11) is -3.61. The highest BCUT2D eigenvalue weighted by Crippen LogP contribution is 2.21. The Morgan fingerprint density at radius 2 is 1.25 bits per heavy atom. The number of rotatable bonds is 7. The van der Waals surface area contributed by atoms with E-state index in [0.717, 1.165) is 5.19 Å². The lowest BCUT2D eigenvalue weighted by atomic mass is 10.4. The van der Waals surface area contributed by atoms with Gasteiger partial charge in [-0.15, -0.1) is 0 Å². The predicted molar refractivity (Wildman–Crippen MR) is 88.8 cm³/mol. The second-order valence-corrected chi connectivity index (χ2v) is 17.2. The van der Waals surface area contributed by atoms with E-state index in [1.54, 1.807) is 14.2 Å². The van der Waals surface area contributed by atoms with Gasteiger partial charge in [0.05, 0.1) is 0 Å². The molecule has 0 aliphatic heterocycles. The summed E-state index contributed by atoms with van der Waals surface area (Å²) in [6.07, 6.45) is 0. The van der Waals surface area contributed by atoms with E-state index >= 15 is 0 Å². The minimum atomic E-state index is -2.90. The Hall–Kier alpha value is -0.289. The lowest BCUT2D eigenvalue weighted by Crippen LogP contribution is -2.62. The van der Waals surface area contributed by atoms with Crippen molar-refractivity contribution >= 4 is 30.9 Å². The first-order valence-electron chi connectivity index (χ1n) is 6.70.